The number of amides is 1. The van der Waals surface area contributed by atoms with Crippen LogP contribution in [-0.4, -0.2) is 70.4 Å². The smallest absolute Gasteiger partial charge is 0.236 e. The summed E-state index contributed by atoms with van der Waals surface area (Å²) in [6.45, 7) is 8.68. The Morgan fingerprint density at radius 2 is 1.78 bits per heavy atom. The lowest BCUT2D eigenvalue weighted by Gasteiger charge is -2.34. The second kappa shape index (κ2) is 7.03. The van der Waals surface area contributed by atoms with Crippen LogP contribution in [0, 0.1) is 0 Å². The molecule has 18 heavy (non-hydrogen) atoms. The molecule has 2 rings (SSSR count). The Balaban J connectivity index is 1.68. The van der Waals surface area contributed by atoms with Crippen LogP contribution in [0.2, 0.25) is 0 Å². The van der Waals surface area contributed by atoms with E-state index in [1.54, 1.807) is 11.9 Å². The number of rotatable bonds is 4. The molecular weight excluding hydrogens is 266 g/mol. The fraction of sp³-hybridized carbons (Fsp3) is 0.917. The zero-order chi connectivity index (χ0) is 13.0. The second-order valence-electron chi connectivity index (χ2n) is 5.00. The molecule has 0 bridgehead atoms. The van der Waals surface area contributed by atoms with Gasteiger partial charge < -0.3 is 4.90 Å². The lowest BCUT2D eigenvalue weighted by molar-refractivity contribution is -0.131. The first kappa shape index (κ1) is 14.5. The Hall–Kier alpha value is 0.0900. The van der Waals surface area contributed by atoms with Crippen LogP contribution < -0.4 is 0 Å². The first-order valence-corrected chi connectivity index (χ1v) is 8.10. The van der Waals surface area contributed by atoms with Gasteiger partial charge in [-0.05, 0) is 19.8 Å². The molecule has 4 nitrogen and oxygen atoms in total. The van der Waals surface area contributed by atoms with E-state index in [2.05, 4.69) is 28.8 Å². The molecule has 0 spiro atoms. The van der Waals surface area contributed by atoms with Gasteiger partial charge in [-0.3, -0.25) is 9.69 Å². The number of thiol groups is 1. The first-order chi connectivity index (χ1) is 8.65. The number of nitrogens with zero attached hydrogens (tertiary/aromatic N) is 3. The van der Waals surface area contributed by atoms with Crippen molar-refractivity contribution in [3.05, 3.63) is 0 Å². The third kappa shape index (κ3) is 4.33. The highest BCUT2D eigenvalue weighted by Gasteiger charge is 2.23. The Labute approximate surface area is 120 Å². The zero-order valence-corrected chi connectivity index (χ0v) is 12.8. The van der Waals surface area contributed by atoms with Gasteiger partial charge in [-0.25, -0.2) is 4.31 Å². The molecule has 6 heteroatoms. The molecule has 0 aromatic heterocycles. The SMILES string of the molecule is CC(S)SN1CCN(CC(=O)N2CCCC2)CC1. The third-order valence-electron chi connectivity index (χ3n) is 3.45. The summed E-state index contributed by atoms with van der Waals surface area (Å²) >= 11 is 6.19. The maximum Gasteiger partial charge on any atom is 0.236 e. The first-order valence-electron chi connectivity index (χ1n) is 6.75. The van der Waals surface area contributed by atoms with Crippen LogP contribution in [-0.2, 0) is 4.79 Å². The molecule has 2 aliphatic rings. The van der Waals surface area contributed by atoms with Crippen molar-refractivity contribution in [2.45, 2.75) is 24.3 Å². The summed E-state index contributed by atoms with van der Waals surface area (Å²) in [5.74, 6) is 0.316. The van der Waals surface area contributed by atoms with E-state index >= 15 is 0 Å². The summed E-state index contributed by atoms with van der Waals surface area (Å²) < 4.78 is 2.71. The lowest BCUT2D eigenvalue weighted by Crippen LogP contribution is -2.48. The molecule has 0 radical (unpaired) electrons. The second-order valence-corrected chi connectivity index (χ2v) is 7.56. The maximum atomic E-state index is 12.0. The largest absolute Gasteiger partial charge is 0.342 e. The minimum Gasteiger partial charge on any atom is -0.342 e. The van der Waals surface area contributed by atoms with Crippen LogP contribution in [0.4, 0.5) is 0 Å². The summed E-state index contributed by atoms with van der Waals surface area (Å²) in [5.41, 5.74) is 0. The summed E-state index contributed by atoms with van der Waals surface area (Å²) in [5, 5.41) is 0. The van der Waals surface area contributed by atoms with E-state index in [0.29, 0.717) is 17.0 Å². The van der Waals surface area contributed by atoms with Crippen LogP contribution in [0.1, 0.15) is 19.8 Å². The molecule has 0 aromatic carbocycles. The third-order valence-corrected chi connectivity index (χ3v) is 4.70. The van der Waals surface area contributed by atoms with Crippen molar-refractivity contribution < 1.29 is 4.79 Å². The molecule has 2 aliphatic heterocycles. The van der Waals surface area contributed by atoms with Gasteiger partial charge in [-0.1, -0.05) is 11.9 Å². The minimum absolute atomic E-state index is 0.316. The van der Waals surface area contributed by atoms with Gasteiger partial charge in [0.05, 0.1) is 11.1 Å². The number of hydrogen-bond donors (Lipinski definition) is 1. The summed E-state index contributed by atoms with van der Waals surface area (Å²) in [6.07, 6.45) is 2.35. The van der Waals surface area contributed by atoms with Crippen LogP contribution in [0.5, 0.6) is 0 Å². The fourth-order valence-corrected chi connectivity index (χ4v) is 3.67. The van der Waals surface area contributed by atoms with E-state index in [0.717, 1.165) is 39.3 Å². The Kier molecular flexibility index (Phi) is 5.66. The molecule has 0 saturated carbocycles. The predicted molar refractivity (Wildman–Crippen MR) is 79.9 cm³/mol. The molecule has 104 valence electrons. The van der Waals surface area contributed by atoms with E-state index in [1.807, 2.05) is 4.90 Å². The highest BCUT2D eigenvalue weighted by Crippen LogP contribution is 2.21. The monoisotopic (exact) mass is 289 g/mol. The van der Waals surface area contributed by atoms with Crippen LogP contribution in [0.25, 0.3) is 0 Å². The van der Waals surface area contributed by atoms with Crippen molar-refractivity contribution in [2.24, 2.45) is 0 Å². The van der Waals surface area contributed by atoms with Crippen molar-refractivity contribution >= 4 is 30.5 Å². The van der Waals surface area contributed by atoms with Crippen molar-refractivity contribution in [1.29, 1.82) is 0 Å². The van der Waals surface area contributed by atoms with Crippen molar-refractivity contribution in [2.75, 3.05) is 45.8 Å². The van der Waals surface area contributed by atoms with Crippen molar-refractivity contribution in [3.8, 4) is 0 Å². The number of carbonyl (C=O) groups excluding carboxylic acids is 1. The van der Waals surface area contributed by atoms with Gasteiger partial charge in [0, 0.05) is 39.3 Å². The quantitative estimate of drug-likeness (QED) is 0.477. The van der Waals surface area contributed by atoms with Gasteiger partial charge in [0.25, 0.3) is 0 Å². The van der Waals surface area contributed by atoms with Crippen molar-refractivity contribution in [3.63, 3.8) is 0 Å². The molecule has 0 N–H and O–H groups in total. The fourth-order valence-electron chi connectivity index (χ4n) is 2.47. The molecule has 2 fully saturated rings. The Morgan fingerprint density at radius 1 is 1.17 bits per heavy atom. The molecule has 0 aliphatic carbocycles. The highest BCUT2D eigenvalue weighted by atomic mass is 32.2. The number of carbonyl (C=O) groups is 1. The van der Waals surface area contributed by atoms with Gasteiger partial charge in [-0.2, -0.15) is 12.6 Å². The topological polar surface area (TPSA) is 26.8 Å². The molecular formula is C12H23N3OS2. The maximum absolute atomic E-state index is 12.0. The number of piperazine rings is 1. The van der Waals surface area contributed by atoms with Gasteiger partial charge in [0.15, 0.2) is 0 Å². The summed E-state index contributed by atoms with van der Waals surface area (Å²) in [6, 6.07) is 0. The van der Waals surface area contributed by atoms with Crippen LogP contribution >= 0.6 is 24.6 Å². The van der Waals surface area contributed by atoms with Gasteiger partial charge in [-0.15, -0.1) is 0 Å². The van der Waals surface area contributed by atoms with Crippen molar-refractivity contribution in [1.82, 2.24) is 14.1 Å². The van der Waals surface area contributed by atoms with Crippen LogP contribution in [0.15, 0.2) is 0 Å². The molecule has 2 heterocycles. The molecule has 0 aromatic rings. The molecule has 2 saturated heterocycles. The van der Waals surface area contributed by atoms with Crippen LogP contribution in [0.3, 0.4) is 0 Å². The van der Waals surface area contributed by atoms with E-state index in [-0.39, 0.29) is 0 Å². The number of likely N-dealkylation sites (tertiary alicyclic amines) is 1. The molecule has 1 atom stereocenters. The van der Waals surface area contributed by atoms with Gasteiger partial charge in [0.2, 0.25) is 5.91 Å². The zero-order valence-electron chi connectivity index (χ0n) is 11.0. The van der Waals surface area contributed by atoms with E-state index < -0.39 is 0 Å². The van der Waals surface area contributed by atoms with E-state index in [9.17, 15) is 4.79 Å². The predicted octanol–water partition coefficient (Wildman–Crippen LogP) is 1.15. The van der Waals surface area contributed by atoms with E-state index in [1.165, 1.54) is 12.8 Å². The molecule has 1 amide bonds. The summed E-state index contributed by atoms with van der Waals surface area (Å²) in [4.78, 5) is 16.3. The average molecular weight is 289 g/mol. The van der Waals surface area contributed by atoms with Gasteiger partial charge >= 0.3 is 0 Å². The summed E-state index contributed by atoms with van der Waals surface area (Å²) in [7, 11) is 0. The standard InChI is InChI=1S/C12H23N3OS2/c1-11(17)18-15-8-6-13(7-9-15)10-12(16)14-4-2-3-5-14/h11,17H,2-10H2,1H3. The lowest BCUT2D eigenvalue weighted by atomic mass is 10.3. The Bertz CT molecular complexity index is 274. The average Bonchev–Trinajstić information content (AvgIpc) is 2.84. The van der Waals surface area contributed by atoms with Gasteiger partial charge in [0.1, 0.15) is 0 Å². The highest BCUT2D eigenvalue weighted by molar-refractivity contribution is 8.08. The molecule has 1 unspecified atom stereocenters. The van der Waals surface area contributed by atoms with E-state index in [4.69, 9.17) is 0 Å². The minimum atomic E-state index is 0.316. The Morgan fingerprint density at radius 3 is 2.33 bits per heavy atom. The normalized spacial score (nSPS) is 24.4. The number of hydrogen-bond acceptors (Lipinski definition) is 5.